The fourth-order valence-corrected chi connectivity index (χ4v) is 5.19. The first-order valence-corrected chi connectivity index (χ1v) is 9.62. The lowest BCUT2D eigenvalue weighted by Gasteiger charge is -2.54. The number of hydrogen-bond acceptors (Lipinski definition) is 0. The molecular weight excluding hydrogens is 314 g/mol. The quantitative estimate of drug-likeness (QED) is 0.599. The van der Waals surface area contributed by atoms with E-state index in [1.165, 1.54) is 29.7 Å². The second-order valence-corrected chi connectivity index (χ2v) is 8.14. The van der Waals surface area contributed by atoms with Crippen LogP contribution in [0.25, 0.3) is 0 Å². The summed E-state index contributed by atoms with van der Waals surface area (Å²) >= 11 is 0. The Hall–Kier alpha value is -1.70. The third-order valence-corrected chi connectivity index (χ3v) is 6.88. The van der Waals surface area contributed by atoms with Gasteiger partial charge in [-0.25, -0.2) is 8.78 Å². The summed E-state index contributed by atoms with van der Waals surface area (Å²) in [4.78, 5) is 0. The first-order chi connectivity index (χ1) is 12.1. The molecule has 0 saturated heterocycles. The molecule has 3 fully saturated rings. The van der Waals surface area contributed by atoms with Gasteiger partial charge in [0.15, 0.2) is 11.6 Å². The maximum absolute atomic E-state index is 13.7. The van der Waals surface area contributed by atoms with Crippen LogP contribution in [0.15, 0.2) is 42.5 Å². The Morgan fingerprint density at radius 2 is 1.24 bits per heavy atom. The molecule has 25 heavy (non-hydrogen) atoms. The van der Waals surface area contributed by atoms with Crippen LogP contribution in [0, 0.1) is 11.6 Å². The SMILES string of the molecule is CCCc1ccc(C23CCC(c4ccc(F)c(F)c4)(CC2)CC3)cc1. The van der Waals surface area contributed by atoms with Gasteiger partial charge in [-0.1, -0.05) is 43.7 Å². The molecule has 0 amide bonds. The molecule has 132 valence electrons. The summed E-state index contributed by atoms with van der Waals surface area (Å²) in [6.45, 7) is 2.22. The zero-order valence-electron chi connectivity index (χ0n) is 15.0. The Morgan fingerprint density at radius 3 is 1.76 bits per heavy atom. The number of aryl methyl sites for hydroxylation is 1. The number of hydrogen-bond donors (Lipinski definition) is 0. The van der Waals surface area contributed by atoms with Crippen LogP contribution in [0.4, 0.5) is 8.78 Å². The van der Waals surface area contributed by atoms with E-state index in [-0.39, 0.29) is 5.41 Å². The van der Waals surface area contributed by atoms with E-state index in [0.717, 1.165) is 50.5 Å². The van der Waals surface area contributed by atoms with Crippen LogP contribution < -0.4 is 0 Å². The average Bonchev–Trinajstić information content (AvgIpc) is 2.66. The van der Waals surface area contributed by atoms with Crippen LogP contribution >= 0.6 is 0 Å². The van der Waals surface area contributed by atoms with E-state index in [4.69, 9.17) is 0 Å². The van der Waals surface area contributed by atoms with Gasteiger partial charge in [0.2, 0.25) is 0 Å². The van der Waals surface area contributed by atoms with Crippen LogP contribution in [0.1, 0.15) is 68.6 Å². The first-order valence-electron chi connectivity index (χ1n) is 9.62. The van der Waals surface area contributed by atoms with Crippen molar-refractivity contribution >= 4 is 0 Å². The minimum absolute atomic E-state index is 0.0540. The van der Waals surface area contributed by atoms with Crippen LogP contribution in [-0.4, -0.2) is 0 Å². The average molecular weight is 340 g/mol. The fourth-order valence-electron chi connectivity index (χ4n) is 5.19. The highest BCUT2D eigenvalue weighted by Gasteiger charge is 2.50. The summed E-state index contributed by atoms with van der Waals surface area (Å²) in [5.41, 5.74) is 4.25. The Bertz CT molecular complexity index is 736. The third kappa shape index (κ3) is 2.80. The highest BCUT2D eigenvalue weighted by Crippen LogP contribution is 2.58. The number of halogens is 2. The standard InChI is InChI=1S/C23H26F2/c1-2-3-17-4-6-18(7-5-17)22-10-13-23(14-11-22,15-12-22)19-8-9-20(24)21(25)16-19/h4-9,16H,2-3,10-15H2,1H3. The van der Waals surface area contributed by atoms with Gasteiger partial charge >= 0.3 is 0 Å². The van der Waals surface area contributed by atoms with Gasteiger partial charge in [-0.2, -0.15) is 0 Å². The second kappa shape index (κ2) is 6.23. The summed E-state index contributed by atoms with van der Waals surface area (Å²) in [6.07, 6.45) is 9.02. The molecule has 3 aliphatic carbocycles. The Morgan fingerprint density at radius 1 is 0.720 bits per heavy atom. The number of benzene rings is 2. The summed E-state index contributed by atoms with van der Waals surface area (Å²) in [7, 11) is 0. The lowest BCUT2D eigenvalue weighted by atomic mass is 9.50. The zero-order valence-corrected chi connectivity index (χ0v) is 15.0. The second-order valence-electron chi connectivity index (χ2n) is 8.14. The van der Waals surface area contributed by atoms with Gasteiger partial charge in [0.25, 0.3) is 0 Å². The summed E-state index contributed by atoms with van der Waals surface area (Å²) in [5, 5.41) is 0. The molecule has 0 N–H and O–H groups in total. The van der Waals surface area contributed by atoms with Crippen LogP contribution in [0.2, 0.25) is 0 Å². The largest absolute Gasteiger partial charge is 0.204 e. The van der Waals surface area contributed by atoms with Crippen molar-refractivity contribution in [2.24, 2.45) is 0 Å². The smallest absolute Gasteiger partial charge is 0.159 e. The van der Waals surface area contributed by atoms with E-state index >= 15 is 0 Å². The molecule has 0 aromatic heterocycles. The Kier molecular flexibility index (Phi) is 4.17. The molecule has 0 radical (unpaired) electrons. The first kappa shape index (κ1) is 16.8. The Balaban J connectivity index is 1.56. The topological polar surface area (TPSA) is 0 Å². The highest BCUT2D eigenvalue weighted by molar-refractivity contribution is 5.36. The van der Waals surface area contributed by atoms with E-state index in [9.17, 15) is 8.78 Å². The maximum atomic E-state index is 13.7. The molecule has 2 bridgehead atoms. The van der Waals surface area contributed by atoms with Crippen molar-refractivity contribution in [3.63, 3.8) is 0 Å². The van der Waals surface area contributed by atoms with Crippen LogP contribution in [0.5, 0.6) is 0 Å². The molecule has 2 heteroatoms. The van der Waals surface area contributed by atoms with Crippen LogP contribution in [0.3, 0.4) is 0 Å². The van der Waals surface area contributed by atoms with Gasteiger partial charge in [0, 0.05) is 0 Å². The van der Waals surface area contributed by atoms with Crippen molar-refractivity contribution in [3.8, 4) is 0 Å². The third-order valence-electron chi connectivity index (χ3n) is 6.88. The molecule has 2 aromatic carbocycles. The Labute approximate surface area is 149 Å². The minimum Gasteiger partial charge on any atom is -0.204 e. The highest BCUT2D eigenvalue weighted by atomic mass is 19.2. The number of fused-ring (bicyclic) bond motifs is 3. The molecular formula is C23H26F2. The van der Waals surface area contributed by atoms with E-state index in [0.29, 0.717) is 5.41 Å². The molecule has 2 aromatic rings. The molecule has 0 unspecified atom stereocenters. The van der Waals surface area contributed by atoms with Crippen molar-refractivity contribution in [1.29, 1.82) is 0 Å². The van der Waals surface area contributed by atoms with E-state index < -0.39 is 11.6 Å². The van der Waals surface area contributed by atoms with E-state index in [1.54, 1.807) is 6.07 Å². The zero-order chi connectivity index (χ0) is 17.5. The number of rotatable bonds is 4. The van der Waals surface area contributed by atoms with E-state index in [2.05, 4.69) is 31.2 Å². The van der Waals surface area contributed by atoms with Gasteiger partial charge in [0.05, 0.1) is 0 Å². The lowest BCUT2D eigenvalue weighted by Crippen LogP contribution is -2.46. The van der Waals surface area contributed by atoms with Crippen molar-refractivity contribution < 1.29 is 8.78 Å². The molecule has 3 saturated carbocycles. The van der Waals surface area contributed by atoms with Gasteiger partial charge in [-0.05, 0) is 84.6 Å². The van der Waals surface area contributed by atoms with Gasteiger partial charge < -0.3 is 0 Å². The minimum atomic E-state index is -0.742. The summed E-state index contributed by atoms with van der Waals surface area (Å²) in [6, 6.07) is 13.8. The van der Waals surface area contributed by atoms with Crippen molar-refractivity contribution in [2.45, 2.75) is 69.1 Å². The van der Waals surface area contributed by atoms with Gasteiger partial charge in [0.1, 0.15) is 0 Å². The summed E-state index contributed by atoms with van der Waals surface area (Å²) < 4.78 is 27.0. The van der Waals surface area contributed by atoms with Gasteiger partial charge in [-0.15, -0.1) is 0 Å². The molecule has 0 heterocycles. The molecule has 0 nitrogen and oxygen atoms in total. The van der Waals surface area contributed by atoms with Crippen molar-refractivity contribution in [1.82, 2.24) is 0 Å². The molecule has 0 aliphatic heterocycles. The van der Waals surface area contributed by atoms with Crippen molar-refractivity contribution in [2.75, 3.05) is 0 Å². The lowest BCUT2D eigenvalue weighted by molar-refractivity contribution is 0.101. The normalized spacial score (nSPS) is 28.3. The van der Waals surface area contributed by atoms with Crippen molar-refractivity contribution in [3.05, 3.63) is 70.8 Å². The predicted molar refractivity (Wildman–Crippen MR) is 97.9 cm³/mol. The molecule has 0 atom stereocenters. The fraction of sp³-hybridized carbons (Fsp3) is 0.478. The predicted octanol–water partition coefficient (Wildman–Crippen LogP) is 6.46. The maximum Gasteiger partial charge on any atom is 0.159 e. The van der Waals surface area contributed by atoms with Gasteiger partial charge in [-0.3, -0.25) is 0 Å². The van der Waals surface area contributed by atoms with Crippen LogP contribution in [-0.2, 0) is 17.3 Å². The summed E-state index contributed by atoms with van der Waals surface area (Å²) in [5.74, 6) is -1.45. The van der Waals surface area contributed by atoms with E-state index in [1.807, 2.05) is 0 Å². The molecule has 0 spiro atoms. The molecule has 3 aliphatic rings. The molecule has 5 rings (SSSR count). The monoisotopic (exact) mass is 340 g/mol.